The number of aromatic nitrogens is 2. The monoisotopic (exact) mass is 424 g/mol. The quantitative estimate of drug-likeness (QED) is 0.310. The van der Waals surface area contributed by atoms with Crippen LogP contribution in [0.3, 0.4) is 0 Å². The van der Waals surface area contributed by atoms with Crippen LogP contribution in [0.25, 0.3) is 21.9 Å². The molecule has 0 aliphatic carbocycles. The van der Waals surface area contributed by atoms with Crippen LogP contribution in [0.1, 0.15) is 56.3 Å². The summed E-state index contributed by atoms with van der Waals surface area (Å²) in [5, 5.41) is 2.10. The Morgan fingerprint density at radius 3 is 2.94 bits per heavy atom. The maximum absolute atomic E-state index is 12.8. The van der Waals surface area contributed by atoms with Crippen molar-refractivity contribution in [1.29, 1.82) is 0 Å². The van der Waals surface area contributed by atoms with Gasteiger partial charge in [0.05, 0.1) is 30.2 Å². The van der Waals surface area contributed by atoms with E-state index in [1.807, 2.05) is 41.0 Å². The fraction of sp³-hybridized carbons (Fsp3) is 0.154. The lowest BCUT2D eigenvalue weighted by Gasteiger charge is -2.29. The van der Waals surface area contributed by atoms with Gasteiger partial charge < -0.3 is 18.7 Å². The number of carbonyl (C=O) groups is 2. The number of hydrogen-bond acceptors (Lipinski definition) is 4. The summed E-state index contributed by atoms with van der Waals surface area (Å²) in [7, 11) is 0. The topological polar surface area (TPSA) is 77.2 Å². The first-order valence-corrected chi connectivity index (χ1v) is 10.6. The molecule has 0 spiro atoms. The Morgan fingerprint density at radius 2 is 2.09 bits per heavy atom. The maximum atomic E-state index is 12.8. The van der Waals surface area contributed by atoms with Crippen molar-refractivity contribution >= 4 is 34.1 Å². The predicted molar refractivity (Wildman–Crippen MR) is 120 cm³/mol. The van der Waals surface area contributed by atoms with Crippen LogP contribution >= 0.6 is 0 Å². The molecule has 0 radical (unpaired) electrons. The lowest BCUT2D eigenvalue weighted by atomic mass is 9.91. The van der Waals surface area contributed by atoms with E-state index in [2.05, 4.69) is 17.1 Å². The SMILES string of the molecule is CCOC(=O)c1cc(C=O)n2c1Cc1c([nH]c3ccccc13)C2c1ccc2occc2c1. The Balaban J connectivity index is 1.66. The Labute approximate surface area is 183 Å². The van der Waals surface area contributed by atoms with Crippen molar-refractivity contribution in [2.75, 3.05) is 6.61 Å². The minimum atomic E-state index is -0.406. The molecule has 32 heavy (non-hydrogen) atoms. The molecule has 1 unspecified atom stereocenters. The summed E-state index contributed by atoms with van der Waals surface area (Å²) in [6.45, 7) is 2.06. The van der Waals surface area contributed by atoms with E-state index in [1.54, 1.807) is 19.3 Å². The number of rotatable bonds is 4. The molecule has 3 aromatic heterocycles. The first-order valence-electron chi connectivity index (χ1n) is 10.6. The van der Waals surface area contributed by atoms with Gasteiger partial charge in [-0.2, -0.15) is 0 Å². The summed E-state index contributed by atoms with van der Waals surface area (Å²) in [4.78, 5) is 28.5. The summed E-state index contributed by atoms with van der Waals surface area (Å²) in [5.41, 5.74) is 6.67. The lowest BCUT2D eigenvalue weighted by Crippen LogP contribution is -2.24. The Hall–Kier alpha value is -4.06. The number of benzene rings is 2. The molecule has 6 rings (SSSR count). The van der Waals surface area contributed by atoms with Gasteiger partial charge in [-0.05, 0) is 48.4 Å². The van der Waals surface area contributed by atoms with Gasteiger partial charge in [-0.1, -0.05) is 24.3 Å². The summed E-state index contributed by atoms with van der Waals surface area (Å²) in [5.74, 6) is -0.406. The third-order valence-corrected chi connectivity index (χ3v) is 6.30. The molecule has 1 N–H and O–H groups in total. The molecular formula is C26H20N2O4. The molecule has 0 saturated heterocycles. The number of fused-ring (bicyclic) bond motifs is 5. The van der Waals surface area contributed by atoms with Crippen LogP contribution in [-0.2, 0) is 11.2 Å². The second-order valence-corrected chi connectivity index (χ2v) is 8.00. The Bertz CT molecular complexity index is 1520. The van der Waals surface area contributed by atoms with Gasteiger partial charge in [-0.3, -0.25) is 4.79 Å². The van der Waals surface area contributed by atoms with Gasteiger partial charge in [0.15, 0.2) is 6.29 Å². The van der Waals surface area contributed by atoms with E-state index in [0.717, 1.165) is 50.7 Å². The average Bonchev–Trinajstić information content (AvgIpc) is 3.52. The molecule has 1 aliphatic rings. The molecule has 1 atom stereocenters. The van der Waals surface area contributed by atoms with E-state index >= 15 is 0 Å². The molecule has 5 aromatic rings. The molecular weight excluding hydrogens is 404 g/mol. The smallest absolute Gasteiger partial charge is 0.339 e. The minimum absolute atomic E-state index is 0.277. The predicted octanol–water partition coefficient (Wildman–Crippen LogP) is 5.25. The van der Waals surface area contributed by atoms with Gasteiger partial charge in [0.1, 0.15) is 5.58 Å². The van der Waals surface area contributed by atoms with E-state index in [-0.39, 0.29) is 12.6 Å². The summed E-state index contributed by atoms with van der Waals surface area (Å²) < 4.78 is 12.8. The van der Waals surface area contributed by atoms with Crippen molar-refractivity contribution in [2.24, 2.45) is 0 Å². The zero-order chi connectivity index (χ0) is 21.8. The van der Waals surface area contributed by atoms with E-state index in [0.29, 0.717) is 17.7 Å². The molecule has 2 aromatic carbocycles. The second kappa shape index (κ2) is 6.99. The van der Waals surface area contributed by atoms with Crippen molar-refractivity contribution in [1.82, 2.24) is 9.55 Å². The van der Waals surface area contributed by atoms with Crippen LogP contribution < -0.4 is 0 Å². The summed E-state index contributed by atoms with van der Waals surface area (Å²) in [6, 6.07) is 17.5. The van der Waals surface area contributed by atoms with Crippen molar-refractivity contribution in [3.05, 3.63) is 94.6 Å². The molecule has 158 valence electrons. The molecule has 0 bridgehead atoms. The minimum Gasteiger partial charge on any atom is -0.464 e. The largest absolute Gasteiger partial charge is 0.464 e. The van der Waals surface area contributed by atoms with Crippen LogP contribution in [0.4, 0.5) is 0 Å². The second-order valence-electron chi connectivity index (χ2n) is 8.00. The van der Waals surface area contributed by atoms with Gasteiger partial charge in [0.25, 0.3) is 0 Å². The highest BCUT2D eigenvalue weighted by Gasteiger charge is 2.35. The van der Waals surface area contributed by atoms with Crippen molar-refractivity contribution in [3.63, 3.8) is 0 Å². The normalized spacial score (nSPS) is 15.0. The molecule has 0 fully saturated rings. The molecule has 0 amide bonds. The molecule has 1 aliphatic heterocycles. The number of carbonyl (C=O) groups excluding carboxylic acids is 2. The number of para-hydroxylation sites is 1. The standard InChI is InChI=1S/C26H20N2O4/c1-2-31-26(30)20-12-17(14-29)28-22(20)13-19-18-5-3-4-6-21(18)27-24(19)25(28)16-7-8-23-15(11-16)9-10-32-23/h3-12,14,25,27H,2,13H2,1H3. The number of esters is 1. The molecule has 4 heterocycles. The van der Waals surface area contributed by atoms with Gasteiger partial charge in [-0.15, -0.1) is 0 Å². The fourth-order valence-electron chi connectivity index (χ4n) is 4.96. The third kappa shape index (κ3) is 2.59. The van der Waals surface area contributed by atoms with E-state index in [4.69, 9.17) is 9.15 Å². The average molecular weight is 424 g/mol. The molecule has 0 saturated carbocycles. The van der Waals surface area contributed by atoms with Crippen molar-refractivity contribution in [2.45, 2.75) is 19.4 Å². The highest BCUT2D eigenvalue weighted by Crippen LogP contribution is 2.42. The number of nitrogens with zero attached hydrogens (tertiary/aromatic N) is 1. The van der Waals surface area contributed by atoms with E-state index in [1.165, 1.54) is 0 Å². The van der Waals surface area contributed by atoms with Crippen LogP contribution in [0, 0.1) is 0 Å². The van der Waals surface area contributed by atoms with Crippen molar-refractivity contribution < 1.29 is 18.7 Å². The third-order valence-electron chi connectivity index (χ3n) is 6.30. The van der Waals surface area contributed by atoms with Crippen LogP contribution in [-0.4, -0.2) is 28.4 Å². The van der Waals surface area contributed by atoms with Gasteiger partial charge in [0.2, 0.25) is 0 Å². The zero-order valence-corrected chi connectivity index (χ0v) is 17.4. The van der Waals surface area contributed by atoms with E-state index < -0.39 is 5.97 Å². The maximum Gasteiger partial charge on any atom is 0.339 e. The molecule has 6 heteroatoms. The Kier molecular flexibility index (Phi) is 4.08. The first-order chi connectivity index (χ1) is 15.7. The number of hydrogen-bond donors (Lipinski definition) is 1. The molecule has 6 nitrogen and oxygen atoms in total. The number of aldehydes is 1. The Morgan fingerprint density at radius 1 is 1.22 bits per heavy atom. The lowest BCUT2D eigenvalue weighted by molar-refractivity contribution is 0.0525. The highest BCUT2D eigenvalue weighted by atomic mass is 16.5. The van der Waals surface area contributed by atoms with Crippen LogP contribution in [0.2, 0.25) is 0 Å². The summed E-state index contributed by atoms with van der Waals surface area (Å²) in [6.07, 6.45) is 3.01. The van der Waals surface area contributed by atoms with Crippen LogP contribution in [0.15, 0.2) is 65.3 Å². The van der Waals surface area contributed by atoms with Gasteiger partial charge in [-0.25, -0.2) is 4.79 Å². The number of furan rings is 1. The fourth-order valence-corrected chi connectivity index (χ4v) is 4.96. The van der Waals surface area contributed by atoms with E-state index in [9.17, 15) is 9.59 Å². The number of aromatic amines is 1. The van der Waals surface area contributed by atoms with Crippen molar-refractivity contribution in [3.8, 4) is 0 Å². The first kappa shape index (κ1) is 18.7. The van der Waals surface area contributed by atoms with Gasteiger partial charge in [0, 0.05) is 34.1 Å². The zero-order valence-electron chi connectivity index (χ0n) is 17.4. The summed E-state index contributed by atoms with van der Waals surface area (Å²) >= 11 is 0. The highest BCUT2D eigenvalue weighted by molar-refractivity contribution is 5.95. The number of ether oxygens (including phenoxy) is 1. The van der Waals surface area contributed by atoms with Gasteiger partial charge >= 0.3 is 5.97 Å². The van der Waals surface area contributed by atoms with Crippen LogP contribution in [0.5, 0.6) is 0 Å². The number of nitrogens with one attached hydrogen (secondary N) is 1. The number of H-pyrrole nitrogens is 1.